The van der Waals surface area contributed by atoms with Crippen LogP contribution in [0.5, 0.6) is 0 Å². The Bertz CT molecular complexity index is 622. The molecule has 2 atom stereocenters. The van der Waals surface area contributed by atoms with Crippen molar-refractivity contribution in [2.75, 3.05) is 19.6 Å². The molecule has 1 fully saturated rings. The zero-order chi connectivity index (χ0) is 15.9. The van der Waals surface area contributed by atoms with Crippen LogP contribution in [0.1, 0.15) is 22.8 Å². The lowest BCUT2D eigenvalue weighted by Crippen LogP contribution is -2.61. The number of hydrogen-bond donors (Lipinski definition) is 2. The smallest absolute Gasteiger partial charge is 0.320 e. The molecule has 3 rings (SSSR count). The van der Waals surface area contributed by atoms with Crippen molar-refractivity contribution in [3.63, 3.8) is 0 Å². The molecule has 0 saturated carbocycles. The number of piperazine rings is 1. The van der Waals surface area contributed by atoms with E-state index in [1.807, 2.05) is 23.1 Å². The van der Waals surface area contributed by atoms with Crippen LogP contribution in [0, 0.1) is 0 Å². The third-order valence-corrected chi connectivity index (χ3v) is 5.15. The molecule has 7 heteroatoms. The maximum absolute atomic E-state index is 12.6. The second-order valence-electron chi connectivity index (χ2n) is 5.68. The van der Waals surface area contributed by atoms with Gasteiger partial charge in [0.2, 0.25) is 0 Å². The molecule has 6 nitrogen and oxygen atoms in total. The second kappa shape index (κ2) is 5.98. The van der Waals surface area contributed by atoms with E-state index in [9.17, 15) is 9.59 Å². The van der Waals surface area contributed by atoms with E-state index in [2.05, 4.69) is 21.2 Å². The van der Waals surface area contributed by atoms with Gasteiger partial charge in [0.05, 0.1) is 6.17 Å². The van der Waals surface area contributed by atoms with Crippen molar-refractivity contribution < 1.29 is 14.7 Å². The average molecular weight is 368 g/mol. The Morgan fingerprint density at radius 3 is 2.95 bits per heavy atom. The predicted octanol–water partition coefficient (Wildman–Crippen LogP) is 1.11. The summed E-state index contributed by atoms with van der Waals surface area (Å²) in [4.78, 5) is 27.4. The van der Waals surface area contributed by atoms with Crippen LogP contribution >= 0.6 is 15.9 Å². The number of hydrogen-bond acceptors (Lipinski definition) is 4. The molecule has 1 amide bonds. The van der Waals surface area contributed by atoms with E-state index in [4.69, 9.17) is 5.11 Å². The van der Waals surface area contributed by atoms with E-state index in [-0.39, 0.29) is 12.1 Å². The van der Waals surface area contributed by atoms with E-state index in [1.54, 1.807) is 11.8 Å². The third-order valence-electron chi connectivity index (χ3n) is 4.41. The molecule has 0 radical (unpaired) electrons. The van der Waals surface area contributed by atoms with Crippen molar-refractivity contribution >= 4 is 27.8 Å². The van der Waals surface area contributed by atoms with Crippen LogP contribution in [-0.4, -0.2) is 58.6 Å². The van der Waals surface area contributed by atoms with Crippen molar-refractivity contribution in [2.45, 2.75) is 25.7 Å². The topological polar surface area (TPSA) is 72.9 Å². The fourth-order valence-corrected chi connectivity index (χ4v) is 3.53. The number of carbonyl (C=O) groups excluding carboxylic acids is 1. The molecule has 2 heterocycles. The average Bonchev–Trinajstić information content (AvgIpc) is 2.85. The highest BCUT2D eigenvalue weighted by Crippen LogP contribution is 2.30. The van der Waals surface area contributed by atoms with Crippen LogP contribution in [0.25, 0.3) is 0 Å². The van der Waals surface area contributed by atoms with Crippen LogP contribution < -0.4 is 5.32 Å². The lowest BCUT2D eigenvalue weighted by molar-refractivity contribution is -0.143. The predicted molar refractivity (Wildman–Crippen MR) is 84.5 cm³/mol. The first kappa shape index (κ1) is 15.5. The summed E-state index contributed by atoms with van der Waals surface area (Å²) in [5.41, 5.74) is 1.72. The van der Waals surface area contributed by atoms with Gasteiger partial charge in [-0.3, -0.25) is 19.8 Å². The normalized spacial score (nSPS) is 23.5. The van der Waals surface area contributed by atoms with Gasteiger partial charge in [0.15, 0.2) is 0 Å². The van der Waals surface area contributed by atoms with Crippen molar-refractivity contribution in [1.82, 2.24) is 15.1 Å². The van der Waals surface area contributed by atoms with E-state index in [0.29, 0.717) is 26.2 Å². The number of halogens is 1. The van der Waals surface area contributed by atoms with Crippen molar-refractivity contribution in [3.05, 3.63) is 33.8 Å². The van der Waals surface area contributed by atoms with E-state index >= 15 is 0 Å². The summed E-state index contributed by atoms with van der Waals surface area (Å²) in [6.07, 6.45) is -0.164. The number of carboxylic acid groups (broad SMARTS) is 1. The van der Waals surface area contributed by atoms with Crippen LogP contribution in [0.2, 0.25) is 0 Å². The minimum Gasteiger partial charge on any atom is -0.480 e. The van der Waals surface area contributed by atoms with Gasteiger partial charge in [0.25, 0.3) is 5.91 Å². The standard InChI is InChI=1S/C15H18BrN3O3/c1-9(15(21)22)18-6-5-17-13(8-18)19-7-11-10(14(19)20)3-2-4-12(11)16/h2-4,9,13,17H,5-8H2,1H3,(H,21,22). The van der Waals surface area contributed by atoms with Gasteiger partial charge < -0.3 is 10.0 Å². The third kappa shape index (κ3) is 2.64. The van der Waals surface area contributed by atoms with Crippen molar-refractivity contribution in [1.29, 1.82) is 0 Å². The molecule has 118 valence electrons. The summed E-state index contributed by atoms with van der Waals surface area (Å²) in [6.45, 7) is 4.08. The molecule has 2 unspecified atom stereocenters. The van der Waals surface area contributed by atoms with Gasteiger partial charge in [0, 0.05) is 36.2 Å². The van der Waals surface area contributed by atoms with E-state index in [1.165, 1.54) is 0 Å². The summed E-state index contributed by atoms with van der Waals surface area (Å²) in [5.74, 6) is -0.835. The summed E-state index contributed by atoms with van der Waals surface area (Å²) >= 11 is 3.49. The van der Waals surface area contributed by atoms with Gasteiger partial charge in [-0.1, -0.05) is 22.0 Å². The fourth-order valence-electron chi connectivity index (χ4n) is 3.04. The first-order valence-electron chi connectivity index (χ1n) is 7.27. The number of benzene rings is 1. The highest BCUT2D eigenvalue weighted by Gasteiger charge is 2.37. The quantitative estimate of drug-likeness (QED) is 0.836. The Morgan fingerprint density at radius 2 is 2.27 bits per heavy atom. The first-order chi connectivity index (χ1) is 10.5. The highest BCUT2D eigenvalue weighted by molar-refractivity contribution is 9.10. The molecule has 0 bridgehead atoms. The molecule has 0 aliphatic carbocycles. The molecule has 1 aromatic rings. The molecular formula is C15H18BrN3O3. The number of carbonyl (C=O) groups is 2. The van der Waals surface area contributed by atoms with Crippen LogP contribution in [-0.2, 0) is 11.3 Å². The largest absolute Gasteiger partial charge is 0.480 e. The van der Waals surface area contributed by atoms with Gasteiger partial charge in [0.1, 0.15) is 6.04 Å². The summed E-state index contributed by atoms with van der Waals surface area (Å²) in [6, 6.07) is 5.08. The minimum absolute atomic E-state index is 0.00127. The molecule has 0 aromatic heterocycles. The SMILES string of the molecule is CC(C(=O)O)N1CCNC(N2Cc3c(Br)cccc3C2=O)C1. The van der Waals surface area contributed by atoms with Gasteiger partial charge in [-0.05, 0) is 24.6 Å². The van der Waals surface area contributed by atoms with Gasteiger partial charge in [-0.2, -0.15) is 0 Å². The van der Waals surface area contributed by atoms with Crippen molar-refractivity contribution in [3.8, 4) is 0 Å². The van der Waals surface area contributed by atoms with Gasteiger partial charge >= 0.3 is 5.97 Å². The Balaban J connectivity index is 1.77. The molecular weight excluding hydrogens is 350 g/mol. The summed E-state index contributed by atoms with van der Waals surface area (Å²) < 4.78 is 0.937. The molecule has 2 aliphatic heterocycles. The zero-order valence-electron chi connectivity index (χ0n) is 12.3. The number of rotatable bonds is 3. The monoisotopic (exact) mass is 367 g/mol. The maximum Gasteiger partial charge on any atom is 0.320 e. The number of nitrogens with one attached hydrogen (secondary N) is 1. The maximum atomic E-state index is 12.6. The van der Waals surface area contributed by atoms with Crippen molar-refractivity contribution in [2.24, 2.45) is 0 Å². The zero-order valence-corrected chi connectivity index (χ0v) is 13.8. The molecule has 1 aromatic carbocycles. The lowest BCUT2D eigenvalue weighted by atomic mass is 10.1. The van der Waals surface area contributed by atoms with E-state index in [0.717, 1.165) is 15.6 Å². The van der Waals surface area contributed by atoms with Crippen LogP contribution in [0.15, 0.2) is 22.7 Å². The number of aliphatic carboxylic acids is 1. The lowest BCUT2D eigenvalue weighted by Gasteiger charge is -2.39. The van der Waals surface area contributed by atoms with Crippen LogP contribution in [0.4, 0.5) is 0 Å². The summed E-state index contributed by atoms with van der Waals surface area (Å²) in [7, 11) is 0. The van der Waals surface area contributed by atoms with Gasteiger partial charge in [-0.15, -0.1) is 0 Å². The number of nitrogens with zero attached hydrogens (tertiary/aromatic N) is 2. The number of amides is 1. The molecule has 2 N–H and O–H groups in total. The first-order valence-corrected chi connectivity index (χ1v) is 8.07. The Hall–Kier alpha value is -1.44. The second-order valence-corrected chi connectivity index (χ2v) is 6.53. The number of fused-ring (bicyclic) bond motifs is 1. The number of carboxylic acids is 1. The minimum atomic E-state index is -0.834. The highest BCUT2D eigenvalue weighted by atomic mass is 79.9. The van der Waals surface area contributed by atoms with Gasteiger partial charge in [-0.25, -0.2) is 0 Å². The molecule has 2 aliphatic rings. The Kier molecular flexibility index (Phi) is 4.20. The van der Waals surface area contributed by atoms with Crippen LogP contribution in [0.3, 0.4) is 0 Å². The summed E-state index contributed by atoms with van der Waals surface area (Å²) in [5, 5.41) is 12.5. The van der Waals surface area contributed by atoms with E-state index < -0.39 is 12.0 Å². The molecule has 22 heavy (non-hydrogen) atoms. The Labute approximate surface area is 137 Å². The molecule has 1 saturated heterocycles. The molecule has 0 spiro atoms. The fraction of sp³-hybridized carbons (Fsp3) is 0.467. The Morgan fingerprint density at radius 1 is 1.50 bits per heavy atom.